The van der Waals surface area contributed by atoms with Crippen LogP contribution < -0.4 is 5.32 Å². The van der Waals surface area contributed by atoms with E-state index < -0.39 is 0 Å². The molecule has 0 radical (unpaired) electrons. The molecule has 1 aromatic carbocycles. The molecule has 2 rings (SSSR count). The highest BCUT2D eigenvalue weighted by atomic mass is 15.3. The second-order valence-electron chi connectivity index (χ2n) is 6.49. The van der Waals surface area contributed by atoms with E-state index in [2.05, 4.69) is 46.3 Å². The number of likely N-dealkylation sites (tertiary alicyclic amines) is 1. The molecule has 0 saturated carbocycles. The number of rotatable bonds is 5. The van der Waals surface area contributed by atoms with Gasteiger partial charge in [-0.25, -0.2) is 4.99 Å². The first-order valence-electron chi connectivity index (χ1n) is 8.37. The Bertz CT molecular complexity index is 455. The zero-order valence-electron chi connectivity index (χ0n) is 14.3. The van der Waals surface area contributed by atoms with Crippen molar-refractivity contribution in [2.45, 2.75) is 26.3 Å². The Morgan fingerprint density at radius 3 is 2.77 bits per heavy atom. The van der Waals surface area contributed by atoms with Crippen molar-refractivity contribution >= 4 is 5.96 Å². The van der Waals surface area contributed by atoms with Gasteiger partial charge in [-0.1, -0.05) is 37.3 Å². The fourth-order valence-corrected chi connectivity index (χ4v) is 2.92. The van der Waals surface area contributed by atoms with Gasteiger partial charge in [0.2, 0.25) is 0 Å². The highest BCUT2D eigenvalue weighted by molar-refractivity contribution is 5.79. The van der Waals surface area contributed by atoms with Gasteiger partial charge in [0.25, 0.3) is 0 Å². The van der Waals surface area contributed by atoms with Crippen molar-refractivity contribution < 1.29 is 0 Å². The number of guanidine groups is 1. The number of hydrogen-bond acceptors (Lipinski definition) is 2. The highest BCUT2D eigenvalue weighted by Gasteiger charge is 2.15. The number of nitrogens with zero attached hydrogens (tertiary/aromatic N) is 3. The molecule has 22 heavy (non-hydrogen) atoms. The topological polar surface area (TPSA) is 30.9 Å². The van der Waals surface area contributed by atoms with Crippen LogP contribution in [0.2, 0.25) is 0 Å². The predicted octanol–water partition coefficient (Wildman–Crippen LogP) is 2.43. The van der Waals surface area contributed by atoms with Crippen LogP contribution in [0.4, 0.5) is 0 Å². The molecule has 0 aliphatic carbocycles. The van der Waals surface area contributed by atoms with E-state index in [4.69, 9.17) is 4.99 Å². The van der Waals surface area contributed by atoms with Gasteiger partial charge in [-0.15, -0.1) is 0 Å². The summed E-state index contributed by atoms with van der Waals surface area (Å²) in [7, 11) is 4.08. The summed E-state index contributed by atoms with van der Waals surface area (Å²) in [6, 6.07) is 10.4. The van der Waals surface area contributed by atoms with Crippen LogP contribution in [0.25, 0.3) is 0 Å². The van der Waals surface area contributed by atoms with E-state index in [9.17, 15) is 0 Å². The third kappa shape index (κ3) is 5.68. The van der Waals surface area contributed by atoms with Crippen molar-refractivity contribution in [2.24, 2.45) is 10.9 Å². The van der Waals surface area contributed by atoms with Crippen LogP contribution in [0.1, 0.15) is 25.3 Å². The minimum Gasteiger partial charge on any atom is -0.355 e. The van der Waals surface area contributed by atoms with E-state index in [1.54, 1.807) is 0 Å². The smallest absolute Gasteiger partial charge is 0.193 e. The van der Waals surface area contributed by atoms with Gasteiger partial charge >= 0.3 is 0 Å². The van der Waals surface area contributed by atoms with Gasteiger partial charge in [0.15, 0.2) is 5.96 Å². The normalized spacial score (nSPS) is 20.0. The molecule has 122 valence electrons. The molecule has 4 heteroatoms. The van der Waals surface area contributed by atoms with Crippen LogP contribution >= 0.6 is 0 Å². The average molecular weight is 302 g/mol. The van der Waals surface area contributed by atoms with E-state index in [1.165, 1.54) is 31.5 Å². The quantitative estimate of drug-likeness (QED) is 0.669. The standard InChI is InChI=1S/C18H30N4/c1-16-8-7-12-22(15-16)13-11-19-18(21(2)3)20-14-17-9-5-4-6-10-17/h4-6,9-10,16H,7-8,11-15H2,1-3H3,(H,19,20). The summed E-state index contributed by atoms with van der Waals surface area (Å²) in [5.74, 6) is 1.81. The summed E-state index contributed by atoms with van der Waals surface area (Å²) in [5.41, 5.74) is 1.24. The van der Waals surface area contributed by atoms with Crippen LogP contribution in [0, 0.1) is 5.92 Å². The lowest BCUT2D eigenvalue weighted by molar-refractivity contribution is 0.186. The maximum Gasteiger partial charge on any atom is 0.193 e. The molecule has 1 unspecified atom stereocenters. The third-order valence-electron chi connectivity index (χ3n) is 4.13. The molecular weight excluding hydrogens is 272 g/mol. The Hall–Kier alpha value is -1.55. The number of piperidine rings is 1. The molecule has 1 heterocycles. The van der Waals surface area contributed by atoms with Crippen molar-refractivity contribution in [1.29, 1.82) is 0 Å². The second kappa shape index (κ2) is 8.79. The molecular formula is C18H30N4. The molecule has 1 N–H and O–H groups in total. The molecule has 1 atom stereocenters. The Balaban J connectivity index is 1.79. The summed E-state index contributed by atoms with van der Waals surface area (Å²) in [4.78, 5) is 9.32. The van der Waals surface area contributed by atoms with E-state index in [1.807, 2.05) is 20.2 Å². The zero-order chi connectivity index (χ0) is 15.8. The van der Waals surface area contributed by atoms with Gasteiger partial charge in [-0.2, -0.15) is 0 Å². The lowest BCUT2D eigenvalue weighted by Crippen LogP contribution is -2.43. The van der Waals surface area contributed by atoms with Crippen molar-refractivity contribution in [3.8, 4) is 0 Å². The highest BCUT2D eigenvalue weighted by Crippen LogP contribution is 2.14. The first kappa shape index (κ1) is 16.8. The summed E-state index contributed by atoms with van der Waals surface area (Å²) in [6.45, 7) is 7.61. The lowest BCUT2D eigenvalue weighted by Gasteiger charge is -2.31. The van der Waals surface area contributed by atoms with E-state index in [-0.39, 0.29) is 0 Å². The van der Waals surface area contributed by atoms with Crippen LogP contribution in [0.3, 0.4) is 0 Å². The zero-order valence-corrected chi connectivity index (χ0v) is 14.3. The minimum atomic E-state index is 0.724. The van der Waals surface area contributed by atoms with Crippen molar-refractivity contribution in [1.82, 2.24) is 15.1 Å². The first-order chi connectivity index (χ1) is 10.6. The fraction of sp³-hybridized carbons (Fsp3) is 0.611. The Labute approximate surface area is 135 Å². The third-order valence-corrected chi connectivity index (χ3v) is 4.13. The molecule has 1 aliphatic rings. The van der Waals surface area contributed by atoms with Gasteiger partial charge in [0.05, 0.1) is 6.54 Å². The van der Waals surface area contributed by atoms with Crippen LogP contribution in [0.5, 0.6) is 0 Å². The van der Waals surface area contributed by atoms with Crippen molar-refractivity contribution in [3.63, 3.8) is 0 Å². The van der Waals surface area contributed by atoms with Crippen molar-refractivity contribution in [2.75, 3.05) is 40.3 Å². The van der Waals surface area contributed by atoms with E-state index >= 15 is 0 Å². The number of nitrogens with one attached hydrogen (secondary N) is 1. The lowest BCUT2D eigenvalue weighted by atomic mass is 10.0. The average Bonchev–Trinajstić information content (AvgIpc) is 2.51. The van der Waals surface area contributed by atoms with Gasteiger partial charge in [0.1, 0.15) is 0 Å². The number of benzene rings is 1. The molecule has 4 nitrogen and oxygen atoms in total. The fourth-order valence-electron chi connectivity index (χ4n) is 2.92. The SMILES string of the molecule is CC1CCCN(CCNC(=NCc2ccccc2)N(C)C)C1. The molecule has 0 spiro atoms. The molecule has 1 fully saturated rings. The first-order valence-corrected chi connectivity index (χ1v) is 8.37. The van der Waals surface area contributed by atoms with Gasteiger partial charge in [-0.05, 0) is 30.9 Å². The predicted molar refractivity (Wildman–Crippen MR) is 94.1 cm³/mol. The summed E-state index contributed by atoms with van der Waals surface area (Å²) in [6.07, 6.45) is 2.72. The maximum atomic E-state index is 4.70. The number of hydrogen-bond donors (Lipinski definition) is 1. The largest absolute Gasteiger partial charge is 0.355 e. The minimum absolute atomic E-state index is 0.724. The molecule has 1 aliphatic heterocycles. The van der Waals surface area contributed by atoms with Crippen LogP contribution in [-0.4, -0.2) is 56.0 Å². The Kier molecular flexibility index (Phi) is 6.72. The Morgan fingerprint density at radius 2 is 2.09 bits per heavy atom. The Morgan fingerprint density at radius 1 is 1.32 bits per heavy atom. The molecule has 0 amide bonds. The van der Waals surface area contributed by atoms with Crippen LogP contribution in [0.15, 0.2) is 35.3 Å². The summed E-state index contributed by atoms with van der Waals surface area (Å²) >= 11 is 0. The maximum absolute atomic E-state index is 4.70. The van der Waals surface area contributed by atoms with Gasteiger partial charge in [0, 0.05) is 33.7 Å². The molecule has 0 bridgehead atoms. The van der Waals surface area contributed by atoms with Gasteiger partial charge in [-0.3, -0.25) is 0 Å². The summed E-state index contributed by atoms with van der Waals surface area (Å²) in [5, 5.41) is 3.49. The monoisotopic (exact) mass is 302 g/mol. The van der Waals surface area contributed by atoms with Gasteiger partial charge < -0.3 is 15.1 Å². The van der Waals surface area contributed by atoms with E-state index in [0.717, 1.165) is 31.5 Å². The van der Waals surface area contributed by atoms with Crippen LogP contribution in [-0.2, 0) is 6.54 Å². The van der Waals surface area contributed by atoms with E-state index in [0.29, 0.717) is 0 Å². The molecule has 0 aromatic heterocycles. The number of aliphatic imine (C=N–C) groups is 1. The second-order valence-corrected chi connectivity index (χ2v) is 6.49. The van der Waals surface area contributed by atoms with Crippen molar-refractivity contribution in [3.05, 3.63) is 35.9 Å². The summed E-state index contributed by atoms with van der Waals surface area (Å²) < 4.78 is 0. The molecule has 1 aromatic rings. The molecule has 1 saturated heterocycles.